The van der Waals surface area contributed by atoms with Gasteiger partial charge in [-0.15, -0.1) is 0 Å². The van der Waals surface area contributed by atoms with Crippen LogP contribution in [-0.4, -0.2) is 31.0 Å². The van der Waals surface area contributed by atoms with E-state index in [-0.39, 0.29) is 5.56 Å². The summed E-state index contributed by atoms with van der Waals surface area (Å²) in [6.07, 6.45) is 0. The molecule has 0 bridgehead atoms. The lowest BCUT2D eigenvalue weighted by Gasteiger charge is -2.31. The lowest BCUT2D eigenvalue weighted by atomic mass is 10.2. The van der Waals surface area contributed by atoms with E-state index in [0.717, 1.165) is 24.0 Å². The van der Waals surface area contributed by atoms with E-state index >= 15 is 0 Å². The minimum atomic E-state index is 0.0191. The average molecular weight is 230 g/mol. The molecule has 0 spiro atoms. The van der Waals surface area contributed by atoms with Gasteiger partial charge in [-0.1, -0.05) is 18.2 Å². The molecule has 0 saturated carbocycles. The summed E-state index contributed by atoms with van der Waals surface area (Å²) in [5.41, 5.74) is 0.979. The van der Waals surface area contributed by atoms with Crippen molar-refractivity contribution in [1.29, 1.82) is 0 Å². The monoisotopic (exact) mass is 230 g/mol. The Morgan fingerprint density at radius 3 is 2.59 bits per heavy atom. The fraction of sp³-hybridized carbons (Fsp3) is 0.308. The molecular weight excluding hydrogens is 216 g/mol. The van der Waals surface area contributed by atoms with E-state index in [1.54, 1.807) is 10.7 Å². The third-order valence-electron chi connectivity index (χ3n) is 3.05. The number of hydrogen-bond donors (Lipinski definition) is 0. The number of rotatable bonds is 1. The van der Waals surface area contributed by atoms with Crippen LogP contribution in [0.2, 0.25) is 0 Å². The standard InChI is InChI=1S/C13H14N2O2/c16-13-6-5-11-3-1-2-4-12(11)15(13)14-7-9-17-10-8-14/h1-6H,7-10H2. The molecule has 3 rings (SSSR count). The number of nitrogens with zero attached hydrogens (tertiary/aromatic N) is 2. The second-order valence-corrected chi connectivity index (χ2v) is 4.11. The van der Waals surface area contributed by atoms with Crippen molar-refractivity contribution in [3.05, 3.63) is 46.8 Å². The molecule has 2 heterocycles. The SMILES string of the molecule is O=c1ccc2ccccc2n1N1CCOCC1. The molecule has 1 saturated heterocycles. The lowest BCUT2D eigenvalue weighted by Crippen LogP contribution is -2.48. The summed E-state index contributed by atoms with van der Waals surface area (Å²) < 4.78 is 7.08. The predicted octanol–water partition coefficient (Wildman–Crippen LogP) is 0.970. The van der Waals surface area contributed by atoms with E-state index in [1.807, 2.05) is 35.3 Å². The first-order valence-electron chi connectivity index (χ1n) is 5.80. The highest BCUT2D eigenvalue weighted by atomic mass is 16.5. The first-order chi connectivity index (χ1) is 8.36. The third kappa shape index (κ3) is 1.80. The van der Waals surface area contributed by atoms with Crippen LogP contribution in [0.25, 0.3) is 10.9 Å². The third-order valence-corrected chi connectivity index (χ3v) is 3.05. The smallest absolute Gasteiger partial charge is 0.269 e. The molecule has 4 nitrogen and oxygen atoms in total. The molecule has 1 fully saturated rings. The van der Waals surface area contributed by atoms with Gasteiger partial charge in [-0.05, 0) is 12.1 Å². The summed E-state index contributed by atoms with van der Waals surface area (Å²) >= 11 is 0. The number of benzene rings is 1. The summed E-state index contributed by atoms with van der Waals surface area (Å²) in [5.74, 6) is 0. The van der Waals surface area contributed by atoms with Crippen molar-refractivity contribution < 1.29 is 4.74 Å². The number of aromatic nitrogens is 1. The predicted molar refractivity (Wildman–Crippen MR) is 67.0 cm³/mol. The molecule has 0 N–H and O–H groups in total. The Morgan fingerprint density at radius 2 is 1.76 bits per heavy atom. The van der Waals surface area contributed by atoms with Gasteiger partial charge in [0.1, 0.15) is 0 Å². The summed E-state index contributed by atoms with van der Waals surface area (Å²) in [4.78, 5) is 12.0. The van der Waals surface area contributed by atoms with Crippen LogP contribution in [0.4, 0.5) is 0 Å². The minimum Gasteiger partial charge on any atom is -0.378 e. The number of pyridine rings is 1. The first kappa shape index (κ1) is 10.4. The van der Waals surface area contributed by atoms with Gasteiger partial charge in [0.15, 0.2) is 0 Å². The highest BCUT2D eigenvalue weighted by Crippen LogP contribution is 2.11. The van der Waals surface area contributed by atoms with E-state index in [1.165, 1.54) is 0 Å². The Labute approximate surface area is 99.0 Å². The quantitative estimate of drug-likeness (QED) is 0.732. The normalized spacial score (nSPS) is 16.4. The van der Waals surface area contributed by atoms with Crippen LogP contribution < -0.4 is 10.6 Å². The summed E-state index contributed by atoms with van der Waals surface area (Å²) in [6.45, 7) is 2.87. The molecule has 88 valence electrons. The molecule has 2 aromatic rings. The maximum absolute atomic E-state index is 12.0. The van der Waals surface area contributed by atoms with Crippen molar-refractivity contribution in [2.75, 3.05) is 31.3 Å². The number of para-hydroxylation sites is 1. The largest absolute Gasteiger partial charge is 0.378 e. The fourth-order valence-electron chi connectivity index (χ4n) is 2.22. The van der Waals surface area contributed by atoms with Crippen molar-refractivity contribution in [1.82, 2.24) is 4.68 Å². The Hall–Kier alpha value is -1.81. The maximum Gasteiger partial charge on any atom is 0.269 e. The maximum atomic E-state index is 12.0. The van der Waals surface area contributed by atoms with Crippen LogP contribution in [0, 0.1) is 0 Å². The van der Waals surface area contributed by atoms with Gasteiger partial charge in [-0.2, -0.15) is 0 Å². The molecule has 17 heavy (non-hydrogen) atoms. The zero-order chi connectivity index (χ0) is 11.7. The fourth-order valence-corrected chi connectivity index (χ4v) is 2.22. The van der Waals surface area contributed by atoms with Gasteiger partial charge in [0.25, 0.3) is 5.56 Å². The molecule has 0 aliphatic carbocycles. The van der Waals surface area contributed by atoms with E-state index in [2.05, 4.69) is 0 Å². The van der Waals surface area contributed by atoms with Gasteiger partial charge in [0.05, 0.1) is 31.8 Å². The Bertz CT molecular complexity index is 585. The molecule has 0 unspecified atom stereocenters. The molecule has 1 aromatic heterocycles. The van der Waals surface area contributed by atoms with Crippen LogP contribution in [0.3, 0.4) is 0 Å². The van der Waals surface area contributed by atoms with Crippen molar-refractivity contribution in [2.24, 2.45) is 0 Å². The second-order valence-electron chi connectivity index (χ2n) is 4.11. The highest BCUT2D eigenvalue weighted by Gasteiger charge is 2.13. The van der Waals surface area contributed by atoms with Gasteiger partial charge in [0.2, 0.25) is 0 Å². The number of fused-ring (bicyclic) bond motifs is 1. The molecule has 0 amide bonds. The van der Waals surface area contributed by atoms with Crippen LogP contribution in [0.1, 0.15) is 0 Å². The zero-order valence-corrected chi connectivity index (χ0v) is 9.50. The number of ether oxygens (including phenoxy) is 1. The van der Waals surface area contributed by atoms with Crippen LogP contribution in [0.15, 0.2) is 41.2 Å². The van der Waals surface area contributed by atoms with Crippen molar-refractivity contribution in [3.8, 4) is 0 Å². The van der Waals surface area contributed by atoms with E-state index < -0.39 is 0 Å². The van der Waals surface area contributed by atoms with Gasteiger partial charge in [-0.3, -0.25) is 4.79 Å². The Balaban J connectivity index is 2.19. The van der Waals surface area contributed by atoms with E-state index in [4.69, 9.17) is 4.74 Å². The van der Waals surface area contributed by atoms with Crippen LogP contribution >= 0.6 is 0 Å². The van der Waals surface area contributed by atoms with Crippen molar-refractivity contribution in [2.45, 2.75) is 0 Å². The number of morpholine rings is 1. The molecule has 0 radical (unpaired) electrons. The van der Waals surface area contributed by atoms with Gasteiger partial charge in [0, 0.05) is 11.5 Å². The van der Waals surface area contributed by atoms with Gasteiger partial charge >= 0.3 is 0 Å². The van der Waals surface area contributed by atoms with E-state index in [0.29, 0.717) is 13.2 Å². The van der Waals surface area contributed by atoms with Crippen LogP contribution in [0.5, 0.6) is 0 Å². The summed E-state index contributed by atoms with van der Waals surface area (Å²) in [5, 5.41) is 3.13. The molecule has 1 aliphatic rings. The summed E-state index contributed by atoms with van der Waals surface area (Å²) in [7, 11) is 0. The van der Waals surface area contributed by atoms with Crippen LogP contribution in [-0.2, 0) is 4.74 Å². The molecule has 4 heteroatoms. The van der Waals surface area contributed by atoms with Crippen molar-refractivity contribution in [3.63, 3.8) is 0 Å². The van der Waals surface area contributed by atoms with Gasteiger partial charge in [-0.25, -0.2) is 4.68 Å². The van der Waals surface area contributed by atoms with Crippen molar-refractivity contribution >= 4 is 10.9 Å². The lowest BCUT2D eigenvalue weighted by molar-refractivity contribution is 0.111. The topological polar surface area (TPSA) is 34.5 Å². The minimum absolute atomic E-state index is 0.0191. The first-order valence-corrected chi connectivity index (χ1v) is 5.80. The second kappa shape index (κ2) is 4.22. The Morgan fingerprint density at radius 1 is 1.00 bits per heavy atom. The van der Waals surface area contributed by atoms with Gasteiger partial charge < -0.3 is 9.75 Å². The van der Waals surface area contributed by atoms with E-state index in [9.17, 15) is 4.79 Å². The zero-order valence-electron chi connectivity index (χ0n) is 9.50. The average Bonchev–Trinajstić information content (AvgIpc) is 2.39. The molecular formula is C13H14N2O2. The Kier molecular flexibility index (Phi) is 2.57. The molecule has 1 aromatic carbocycles. The summed E-state index contributed by atoms with van der Waals surface area (Å²) in [6, 6.07) is 11.4. The number of hydrogen-bond acceptors (Lipinski definition) is 3. The molecule has 1 aliphatic heterocycles. The molecule has 0 atom stereocenters. The highest BCUT2D eigenvalue weighted by molar-refractivity contribution is 5.79.